The number of ether oxygens (including phenoxy) is 3. The summed E-state index contributed by atoms with van der Waals surface area (Å²) in [6, 6.07) is 0.891. The molecule has 0 heterocycles. The molecule has 1 rings (SSSR count). The first-order valence-corrected chi connectivity index (χ1v) is 6.71. The summed E-state index contributed by atoms with van der Waals surface area (Å²) in [5, 5.41) is 9.07. The lowest BCUT2D eigenvalue weighted by Gasteiger charge is -2.16. The number of hydrogen-bond donors (Lipinski definition) is 2. The number of methoxy groups -OCH3 is 3. The summed E-state index contributed by atoms with van der Waals surface area (Å²) in [7, 11) is -1.93. The molecule has 21 heavy (non-hydrogen) atoms. The van der Waals surface area contributed by atoms with Crippen molar-refractivity contribution in [3.8, 4) is 11.5 Å². The monoisotopic (exact) mass is 320 g/mol. The Morgan fingerprint density at radius 3 is 2.05 bits per heavy atom. The van der Waals surface area contributed by atoms with Crippen LogP contribution >= 0.6 is 0 Å². The van der Waals surface area contributed by atoms with Gasteiger partial charge in [-0.15, -0.1) is 0 Å². The standard InChI is InChI=1S/C11H12O9S/c1-18-6-4-5(10(12)13)8(19-2)9(21(15,16)17)7(6)11(14)20-3/h4H,1-3H3,(H,12,13)(H,15,16,17). The minimum Gasteiger partial charge on any atom is -0.496 e. The van der Waals surface area contributed by atoms with Gasteiger partial charge in [0.1, 0.15) is 16.9 Å². The Hall–Kier alpha value is -2.33. The molecule has 0 spiro atoms. The third kappa shape index (κ3) is 3.06. The highest BCUT2D eigenvalue weighted by molar-refractivity contribution is 7.86. The Kier molecular flexibility index (Phi) is 4.76. The van der Waals surface area contributed by atoms with Crippen molar-refractivity contribution in [2.45, 2.75) is 4.90 Å². The predicted octanol–water partition coefficient (Wildman–Crippen LogP) is 0.435. The van der Waals surface area contributed by atoms with Crippen LogP contribution in [0.5, 0.6) is 11.5 Å². The van der Waals surface area contributed by atoms with Crippen LogP contribution in [0.15, 0.2) is 11.0 Å². The Morgan fingerprint density at radius 2 is 1.71 bits per heavy atom. The molecule has 116 valence electrons. The summed E-state index contributed by atoms with van der Waals surface area (Å²) in [5.41, 5.74) is -1.26. The zero-order valence-electron chi connectivity index (χ0n) is 11.2. The molecule has 0 aliphatic rings. The van der Waals surface area contributed by atoms with Gasteiger partial charge >= 0.3 is 11.9 Å². The van der Waals surface area contributed by atoms with Gasteiger partial charge in [-0.05, 0) is 6.07 Å². The molecule has 0 radical (unpaired) electrons. The molecule has 0 unspecified atom stereocenters. The van der Waals surface area contributed by atoms with Crippen LogP contribution in [0.1, 0.15) is 20.7 Å². The Bertz CT molecular complexity index is 690. The second-order valence-electron chi connectivity index (χ2n) is 3.64. The van der Waals surface area contributed by atoms with E-state index in [0.29, 0.717) is 0 Å². The molecular formula is C11H12O9S. The smallest absolute Gasteiger partial charge is 0.343 e. The van der Waals surface area contributed by atoms with Crippen molar-refractivity contribution in [2.75, 3.05) is 21.3 Å². The molecule has 10 heteroatoms. The van der Waals surface area contributed by atoms with Crippen molar-refractivity contribution in [2.24, 2.45) is 0 Å². The van der Waals surface area contributed by atoms with Crippen LogP contribution in [0.2, 0.25) is 0 Å². The first-order valence-electron chi connectivity index (χ1n) is 5.27. The summed E-state index contributed by atoms with van der Waals surface area (Å²) in [5.74, 6) is -3.78. The summed E-state index contributed by atoms with van der Waals surface area (Å²) in [6.45, 7) is 0. The van der Waals surface area contributed by atoms with E-state index in [9.17, 15) is 22.6 Å². The molecule has 0 bridgehead atoms. The molecule has 9 nitrogen and oxygen atoms in total. The minimum absolute atomic E-state index is 0.396. The average molecular weight is 320 g/mol. The maximum Gasteiger partial charge on any atom is 0.343 e. The molecule has 0 atom stereocenters. The topological polar surface area (TPSA) is 136 Å². The SMILES string of the molecule is COC(=O)c1c(OC)cc(C(=O)O)c(OC)c1S(=O)(=O)O. The van der Waals surface area contributed by atoms with Gasteiger partial charge < -0.3 is 19.3 Å². The van der Waals surface area contributed by atoms with Crippen LogP contribution in [0.4, 0.5) is 0 Å². The number of rotatable bonds is 5. The van der Waals surface area contributed by atoms with Crippen molar-refractivity contribution in [3.05, 3.63) is 17.2 Å². The van der Waals surface area contributed by atoms with Crippen LogP contribution in [-0.4, -0.2) is 51.3 Å². The van der Waals surface area contributed by atoms with E-state index >= 15 is 0 Å². The fraction of sp³-hybridized carbons (Fsp3) is 0.273. The molecule has 0 saturated heterocycles. The number of carboxylic acids is 1. The molecule has 0 amide bonds. The quantitative estimate of drug-likeness (QED) is 0.584. The third-order valence-corrected chi connectivity index (χ3v) is 3.41. The number of carbonyl (C=O) groups excluding carboxylic acids is 1. The maximum absolute atomic E-state index is 11.7. The molecule has 0 fully saturated rings. The van der Waals surface area contributed by atoms with Gasteiger partial charge in [-0.25, -0.2) is 9.59 Å². The zero-order valence-corrected chi connectivity index (χ0v) is 12.1. The minimum atomic E-state index is -4.99. The molecular weight excluding hydrogens is 308 g/mol. The van der Waals surface area contributed by atoms with Crippen molar-refractivity contribution < 1.29 is 41.9 Å². The van der Waals surface area contributed by atoms with Gasteiger partial charge in [0.2, 0.25) is 0 Å². The second-order valence-corrected chi connectivity index (χ2v) is 4.99. The van der Waals surface area contributed by atoms with Crippen LogP contribution in [0.3, 0.4) is 0 Å². The second kappa shape index (κ2) is 5.97. The average Bonchev–Trinajstić information content (AvgIpc) is 2.42. The molecule has 0 saturated carbocycles. The van der Waals surface area contributed by atoms with E-state index < -0.39 is 49.6 Å². The molecule has 0 aliphatic carbocycles. The number of esters is 1. The van der Waals surface area contributed by atoms with Gasteiger partial charge in [0, 0.05) is 0 Å². The Balaban J connectivity index is 4.03. The van der Waals surface area contributed by atoms with Crippen molar-refractivity contribution >= 4 is 22.1 Å². The molecule has 0 aromatic heterocycles. The highest BCUT2D eigenvalue weighted by atomic mass is 32.2. The molecule has 0 aliphatic heterocycles. The maximum atomic E-state index is 11.7. The number of hydrogen-bond acceptors (Lipinski definition) is 7. The van der Waals surface area contributed by atoms with Crippen LogP contribution in [-0.2, 0) is 14.9 Å². The fourth-order valence-corrected chi connectivity index (χ4v) is 2.55. The molecule has 1 aromatic rings. The van der Waals surface area contributed by atoms with E-state index in [2.05, 4.69) is 4.74 Å². The number of carbonyl (C=O) groups is 2. The van der Waals surface area contributed by atoms with Crippen molar-refractivity contribution in [3.63, 3.8) is 0 Å². The summed E-state index contributed by atoms with van der Waals surface area (Å²) >= 11 is 0. The number of aromatic carboxylic acids is 1. The van der Waals surface area contributed by atoms with Gasteiger partial charge in [-0.1, -0.05) is 0 Å². The lowest BCUT2D eigenvalue weighted by molar-refractivity contribution is 0.0587. The van der Waals surface area contributed by atoms with Crippen molar-refractivity contribution in [1.29, 1.82) is 0 Å². The first kappa shape index (κ1) is 16.7. The molecule has 2 N–H and O–H groups in total. The normalized spacial score (nSPS) is 10.9. The Morgan fingerprint density at radius 1 is 1.14 bits per heavy atom. The number of carboxylic acid groups (broad SMARTS) is 1. The number of benzene rings is 1. The van der Waals surface area contributed by atoms with Crippen LogP contribution in [0.25, 0.3) is 0 Å². The highest BCUT2D eigenvalue weighted by Gasteiger charge is 2.34. The Labute approximate surface area is 119 Å². The van der Waals surface area contributed by atoms with E-state index in [-0.39, 0.29) is 0 Å². The lowest BCUT2D eigenvalue weighted by Crippen LogP contribution is -2.16. The fourth-order valence-electron chi connectivity index (χ4n) is 1.68. The summed E-state index contributed by atoms with van der Waals surface area (Å²) < 4.78 is 46.3. The van der Waals surface area contributed by atoms with Crippen molar-refractivity contribution in [1.82, 2.24) is 0 Å². The van der Waals surface area contributed by atoms with Gasteiger partial charge in [0.15, 0.2) is 10.6 Å². The van der Waals surface area contributed by atoms with Gasteiger partial charge in [-0.3, -0.25) is 4.55 Å². The first-order chi connectivity index (χ1) is 9.68. The van der Waals surface area contributed by atoms with Gasteiger partial charge in [0.25, 0.3) is 10.1 Å². The van der Waals surface area contributed by atoms with E-state index in [1.165, 1.54) is 0 Å². The summed E-state index contributed by atoms with van der Waals surface area (Å²) in [6.07, 6.45) is 0. The highest BCUT2D eigenvalue weighted by Crippen LogP contribution is 2.38. The third-order valence-electron chi connectivity index (χ3n) is 2.50. The predicted molar refractivity (Wildman–Crippen MR) is 67.7 cm³/mol. The summed E-state index contributed by atoms with van der Waals surface area (Å²) in [4.78, 5) is 21.8. The largest absolute Gasteiger partial charge is 0.496 e. The van der Waals surface area contributed by atoms with E-state index in [1.807, 2.05) is 0 Å². The molecule has 1 aromatic carbocycles. The van der Waals surface area contributed by atoms with Gasteiger partial charge in [-0.2, -0.15) is 8.42 Å². The lowest BCUT2D eigenvalue weighted by atomic mass is 10.1. The van der Waals surface area contributed by atoms with Crippen LogP contribution < -0.4 is 9.47 Å². The van der Waals surface area contributed by atoms with E-state index in [1.54, 1.807) is 0 Å². The zero-order chi connectivity index (χ0) is 16.4. The van der Waals surface area contributed by atoms with Crippen LogP contribution in [0, 0.1) is 0 Å². The van der Waals surface area contributed by atoms with E-state index in [4.69, 9.17) is 14.6 Å². The van der Waals surface area contributed by atoms with E-state index in [0.717, 1.165) is 27.4 Å². The van der Waals surface area contributed by atoms with Gasteiger partial charge in [0.05, 0.1) is 21.3 Å².